The molecule has 0 radical (unpaired) electrons. The smallest absolute Gasteiger partial charge is 0.282 e. The number of halogens is 3. The number of para-hydroxylation sites is 1. The van der Waals surface area contributed by atoms with E-state index in [9.17, 15) is 9.59 Å². The van der Waals surface area contributed by atoms with Crippen molar-refractivity contribution in [2.45, 2.75) is 26.2 Å². The first-order valence-corrected chi connectivity index (χ1v) is 13.5. The number of benzene rings is 3. The van der Waals surface area contributed by atoms with Crippen LogP contribution in [0.15, 0.2) is 79.5 Å². The fourth-order valence-corrected chi connectivity index (χ4v) is 4.93. The van der Waals surface area contributed by atoms with Crippen LogP contribution in [0.3, 0.4) is 0 Å². The van der Waals surface area contributed by atoms with Crippen molar-refractivity contribution in [1.29, 1.82) is 0 Å². The third-order valence-electron chi connectivity index (χ3n) is 5.38. The molecule has 1 amide bonds. The van der Waals surface area contributed by atoms with Gasteiger partial charge in [-0.05, 0) is 70.4 Å². The molecule has 1 aromatic heterocycles. The van der Waals surface area contributed by atoms with E-state index in [1.54, 1.807) is 36.5 Å². The number of hydrogen-bond acceptors (Lipinski definition) is 5. The normalized spacial score (nSPS) is 11.2. The lowest BCUT2D eigenvalue weighted by molar-refractivity contribution is -0.118. The van der Waals surface area contributed by atoms with Crippen LogP contribution in [0.2, 0.25) is 5.02 Å². The minimum Gasteiger partial charge on any atom is -0.481 e. The van der Waals surface area contributed by atoms with E-state index in [0.717, 1.165) is 17.3 Å². The monoisotopic (exact) mass is 644 g/mol. The standard InChI is InChI=1S/C27H23Br2ClN4O3/c1-2-3-9-24-33-23-11-10-18(28)14-20(23)27(36)34(24)31-15-17-12-21(29)26(22(30)13-17)37-16-25(35)32-19-7-5-4-6-8-19/h4-8,10-15H,2-3,9,16H2,1H3,(H,32,35). The number of nitrogens with zero attached hydrogens (tertiary/aromatic N) is 3. The Kier molecular flexibility index (Phi) is 9.13. The van der Waals surface area contributed by atoms with Gasteiger partial charge in [0.1, 0.15) is 5.82 Å². The van der Waals surface area contributed by atoms with Gasteiger partial charge in [0.15, 0.2) is 12.4 Å². The SMILES string of the molecule is CCCCc1nc2ccc(Br)cc2c(=O)n1N=Cc1cc(Cl)c(OCC(=O)Nc2ccccc2)c(Br)c1. The van der Waals surface area contributed by atoms with E-state index >= 15 is 0 Å². The van der Waals surface area contributed by atoms with Crippen molar-refractivity contribution in [3.8, 4) is 5.75 Å². The highest BCUT2D eigenvalue weighted by molar-refractivity contribution is 9.10. The number of nitrogens with one attached hydrogen (secondary N) is 1. The molecule has 0 spiro atoms. The first kappa shape index (κ1) is 27.0. The lowest BCUT2D eigenvalue weighted by Gasteiger charge is -2.12. The molecule has 10 heteroatoms. The highest BCUT2D eigenvalue weighted by Gasteiger charge is 2.13. The van der Waals surface area contributed by atoms with Crippen LogP contribution in [0.25, 0.3) is 10.9 Å². The molecule has 4 rings (SSSR count). The van der Waals surface area contributed by atoms with E-state index in [1.165, 1.54) is 4.68 Å². The van der Waals surface area contributed by atoms with Crippen LogP contribution in [0, 0.1) is 0 Å². The molecular weight excluding hydrogens is 624 g/mol. The van der Waals surface area contributed by atoms with Crippen LogP contribution in [0.1, 0.15) is 31.2 Å². The molecule has 0 atom stereocenters. The maximum absolute atomic E-state index is 13.2. The molecule has 37 heavy (non-hydrogen) atoms. The first-order valence-electron chi connectivity index (χ1n) is 11.6. The molecule has 0 saturated heterocycles. The van der Waals surface area contributed by atoms with Gasteiger partial charge in [0.25, 0.3) is 11.5 Å². The summed E-state index contributed by atoms with van der Waals surface area (Å²) in [5.74, 6) is 0.613. The Morgan fingerprint density at radius 1 is 1.16 bits per heavy atom. The number of fused-ring (bicyclic) bond motifs is 1. The molecule has 0 unspecified atom stereocenters. The highest BCUT2D eigenvalue weighted by Crippen LogP contribution is 2.34. The molecule has 190 valence electrons. The molecule has 7 nitrogen and oxygen atoms in total. The third-order valence-corrected chi connectivity index (χ3v) is 6.74. The zero-order valence-corrected chi connectivity index (χ0v) is 23.8. The fraction of sp³-hybridized carbons (Fsp3) is 0.185. The molecule has 1 heterocycles. The van der Waals surface area contributed by atoms with E-state index < -0.39 is 0 Å². The number of unbranched alkanes of at least 4 members (excludes halogenated alkanes) is 1. The molecule has 3 aromatic carbocycles. The van der Waals surface area contributed by atoms with E-state index in [1.807, 2.05) is 30.3 Å². The van der Waals surface area contributed by atoms with Gasteiger partial charge >= 0.3 is 0 Å². The Labute approximate surface area is 235 Å². The number of hydrogen-bond donors (Lipinski definition) is 1. The van der Waals surface area contributed by atoms with Crippen molar-refractivity contribution in [1.82, 2.24) is 9.66 Å². The zero-order valence-electron chi connectivity index (χ0n) is 19.9. The summed E-state index contributed by atoms with van der Waals surface area (Å²) in [5, 5.41) is 7.99. The molecule has 0 aliphatic rings. The molecule has 0 aliphatic carbocycles. The van der Waals surface area contributed by atoms with Crippen molar-refractivity contribution in [3.05, 3.63) is 96.4 Å². The molecule has 0 saturated carbocycles. The minimum absolute atomic E-state index is 0.213. The number of aryl methyl sites for hydroxylation is 1. The van der Waals surface area contributed by atoms with Crippen LogP contribution in [-0.2, 0) is 11.2 Å². The topological polar surface area (TPSA) is 85.6 Å². The average Bonchev–Trinajstić information content (AvgIpc) is 2.87. The number of aromatic nitrogens is 2. The lowest BCUT2D eigenvalue weighted by atomic mass is 10.2. The molecule has 0 bridgehead atoms. The number of amides is 1. The van der Waals surface area contributed by atoms with E-state index in [2.05, 4.69) is 54.2 Å². The van der Waals surface area contributed by atoms with Gasteiger partial charge in [0.2, 0.25) is 0 Å². The predicted molar refractivity (Wildman–Crippen MR) is 155 cm³/mol. The average molecular weight is 647 g/mol. The Hall–Kier alpha value is -3.01. The van der Waals surface area contributed by atoms with E-state index in [4.69, 9.17) is 16.3 Å². The maximum Gasteiger partial charge on any atom is 0.282 e. The summed E-state index contributed by atoms with van der Waals surface area (Å²) in [7, 11) is 0. The highest BCUT2D eigenvalue weighted by atomic mass is 79.9. The van der Waals surface area contributed by atoms with Gasteiger partial charge in [0.05, 0.1) is 26.6 Å². The van der Waals surface area contributed by atoms with Crippen LogP contribution in [-0.4, -0.2) is 28.4 Å². The van der Waals surface area contributed by atoms with Crippen LogP contribution < -0.4 is 15.6 Å². The predicted octanol–water partition coefficient (Wildman–Crippen LogP) is 6.82. The lowest BCUT2D eigenvalue weighted by Crippen LogP contribution is -2.22. The number of carbonyl (C=O) groups excluding carboxylic acids is 1. The second-order valence-electron chi connectivity index (χ2n) is 8.17. The third kappa shape index (κ3) is 6.85. The van der Waals surface area contributed by atoms with Crippen molar-refractivity contribution in [3.63, 3.8) is 0 Å². The van der Waals surface area contributed by atoms with E-state index in [0.29, 0.717) is 49.6 Å². The van der Waals surface area contributed by atoms with Gasteiger partial charge in [-0.15, -0.1) is 0 Å². The van der Waals surface area contributed by atoms with E-state index in [-0.39, 0.29) is 18.1 Å². The van der Waals surface area contributed by atoms with Gasteiger partial charge in [-0.1, -0.05) is 59.1 Å². The van der Waals surface area contributed by atoms with Crippen LogP contribution >= 0.6 is 43.5 Å². The minimum atomic E-state index is -0.311. The summed E-state index contributed by atoms with van der Waals surface area (Å²) < 4.78 is 8.33. The molecule has 4 aromatic rings. The molecule has 0 aliphatic heterocycles. The summed E-state index contributed by atoms with van der Waals surface area (Å²) in [6.45, 7) is 1.87. The zero-order chi connectivity index (χ0) is 26.4. The summed E-state index contributed by atoms with van der Waals surface area (Å²) in [5.41, 5.74) is 1.70. The second-order valence-corrected chi connectivity index (χ2v) is 10.3. The van der Waals surface area contributed by atoms with Gasteiger partial charge in [-0.3, -0.25) is 9.59 Å². The number of carbonyl (C=O) groups is 1. The van der Waals surface area contributed by atoms with Gasteiger partial charge in [-0.25, -0.2) is 4.98 Å². The Bertz CT molecular complexity index is 1500. The van der Waals surface area contributed by atoms with Crippen LogP contribution in [0.4, 0.5) is 5.69 Å². The van der Waals surface area contributed by atoms with Crippen molar-refractivity contribution < 1.29 is 9.53 Å². The van der Waals surface area contributed by atoms with Gasteiger partial charge < -0.3 is 10.1 Å². The maximum atomic E-state index is 13.2. The summed E-state index contributed by atoms with van der Waals surface area (Å²) in [6.07, 6.45) is 4.01. The largest absolute Gasteiger partial charge is 0.481 e. The van der Waals surface area contributed by atoms with Crippen molar-refractivity contribution >= 4 is 72.2 Å². The molecule has 1 N–H and O–H groups in total. The Morgan fingerprint density at radius 3 is 2.68 bits per heavy atom. The Morgan fingerprint density at radius 2 is 1.95 bits per heavy atom. The van der Waals surface area contributed by atoms with Crippen LogP contribution in [0.5, 0.6) is 5.75 Å². The van der Waals surface area contributed by atoms with Crippen molar-refractivity contribution in [2.24, 2.45) is 5.10 Å². The Balaban J connectivity index is 1.56. The fourth-order valence-electron chi connectivity index (χ4n) is 3.58. The van der Waals surface area contributed by atoms with Gasteiger partial charge in [0, 0.05) is 16.6 Å². The number of ether oxygens (including phenoxy) is 1. The molecular formula is C27H23Br2ClN4O3. The quantitative estimate of drug-likeness (QED) is 0.202. The summed E-state index contributed by atoms with van der Waals surface area (Å²) in [6, 6.07) is 17.9. The van der Waals surface area contributed by atoms with Gasteiger partial charge in [-0.2, -0.15) is 9.78 Å². The van der Waals surface area contributed by atoms with Crippen molar-refractivity contribution in [2.75, 3.05) is 11.9 Å². The first-order chi connectivity index (χ1) is 17.9. The number of rotatable bonds is 9. The molecule has 0 fully saturated rings. The number of anilines is 1. The summed E-state index contributed by atoms with van der Waals surface area (Å²) >= 11 is 13.3. The summed E-state index contributed by atoms with van der Waals surface area (Å²) in [4.78, 5) is 30.2. The second kappa shape index (κ2) is 12.5.